The third-order valence-corrected chi connectivity index (χ3v) is 2.39. The molecule has 2 atom stereocenters. The Balaban J connectivity index is 3.62. The molecule has 0 fully saturated rings. The van der Waals surface area contributed by atoms with Gasteiger partial charge in [-0.15, -0.1) is 0 Å². The summed E-state index contributed by atoms with van der Waals surface area (Å²) in [5.41, 5.74) is -0.164. The van der Waals surface area contributed by atoms with E-state index < -0.39 is 0 Å². The Hall–Kier alpha value is 0.210. The first kappa shape index (κ1) is 15.2. The molecule has 0 radical (unpaired) electrons. The van der Waals surface area contributed by atoms with Crippen LogP contribution >= 0.6 is 11.6 Å². The SMILES string of the molecule is CCCC(Cl)OC(CC)COCC(C)C. The Labute approximate surface area is 99.3 Å². The zero-order valence-electron chi connectivity index (χ0n) is 10.5. The molecule has 0 aromatic heterocycles. The van der Waals surface area contributed by atoms with E-state index in [1.807, 2.05) is 0 Å². The van der Waals surface area contributed by atoms with Crippen LogP contribution in [0.3, 0.4) is 0 Å². The van der Waals surface area contributed by atoms with Gasteiger partial charge < -0.3 is 9.47 Å². The minimum absolute atomic E-state index is 0.137. The maximum absolute atomic E-state index is 6.02. The third-order valence-electron chi connectivity index (χ3n) is 2.07. The van der Waals surface area contributed by atoms with E-state index in [0.29, 0.717) is 12.5 Å². The number of hydrogen-bond acceptors (Lipinski definition) is 2. The van der Waals surface area contributed by atoms with Gasteiger partial charge in [0.15, 0.2) is 0 Å². The zero-order valence-corrected chi connectivity index (χ0v) is 11.2. The fourth-order valence-electron chi connectivity index (χ4n) is 1.19. The second kappa shape index (κ2) is 9.44. The first-order valence-electron chi connectivity index (χ1n) is 5.97. The second-order valence-corrected chi connectivity index (χ2v) is 4.78. The summed E-state index contributed by atoms with van der Waals surface area (Å²) in [7, 11) is 0. The van der Waals surface area contributed by atoms with E-state index in [0.717, 1.165) is 25.9 Å². The summed E-state index contributed by atoms with van der Waals surface area (Å²) in [5, 5.41) is 0. The van der Waals surface area contributed by atoms with Crippen molar-refractivity contribution in [1.29, 1.82) is 0 Å². The Bertz CT molecular complexity index is 140. The molecule has 0 aromatic carbocycles. The van der Waals surface area contributed by atoms with Crippen molar-refractivity contribution in [3.63, 3.8) is 0 Å². The largest absolute Gasteiger partial charge is 0.378 e. The Morgan fingerprint density at radius 1 is 1.13 bits per heavy atom. The van der Waals surface area contributed by atoms with Crippen molar-refractivity contribution in [3.05, 3.63) is 0 Å². The molecule has 0 bridgehead atoms. The Morgan fingerprint density at radius 3 is 2.27 bits per heavy atom. The lowest BCUT2D eigenvalue weighted by molar-refractivity contribution is -0.0381. The molecule has 0 heterocycles. The summed E-state index contributed by atoms with van der Waals surface area (Å²) in [6.45, 7) is 9.93. The number of hydrogen-bond donors (Lipinski definition) is 0. The Kier molecular flexibility index (Phi) is 9.57. The maximum atomic E-state index is 6.02. The predicted octanol–water partition coefficient (Wildman–Crippen LogP) is 3.82. The molecule has 0 aliphatic carbocycles. The van der Waals surface area contributed by atoms with Gasteiger partial charge in [-0.3, -0.25) is 0 Å². The zero-order chi connectivity index (χ0) is 11.7. The average Bonchev–Trinajstić information content (AvgIpc) is 2.16. The molecule has 0 saturated carbocycles. The van der Waals surface area contributed by atoms with Gasteiger partial charge >= 0.3 is 0 Å². The summed E-state index contributed by atoms with van der Waals surface area (Å²) >= 11 is 6.02. The summed E-state index contributed by atoms with van der Waals surface area (Å²) in [6.07, 6.45) is 3.04. The molecule has 0 aliphatic heterocycles. The first-order chi connectivity index (χ1) is 7.10. The molecule has 0 aromatic rings. The fourth-order valence-corrected chi connectivity index (χ4v) is 1.56. The van der Waals surface area contributed by atoms with Crippen LogP contribution in [-0.4, -0.2) is 24.9 Å². The van der Waals surface area contributed by atoms with Gasteiger partial charge in [-0.05, 0) is 18.8 Å². The van der Waals surface area contributed by atoms with E-state index in [9.17, 15) is 0 Å². The highest BCUT2D eigenvalue weighted by molar-refractivity contribution is 6.19. The maximum Gasteiger partial charge on any atom is 0.131 e. The monoisotopic (exact) mass is 236 g/mol. The second-order valence-electron chi connectivity index (χ2n) is 4.30. The highest BCUT2D eigenvalue weighted by Gasteiger charge is 2.12. The van der Waals surface area contributed by atoms with E-state index in [4.69, 9.17) is 21.1 Å². The van der Waals surface area contributed by atoms with Crippen LogP contribution in [0, 0.1) is 5.92 Å². The molecule has 15 heavy (non-hydrogen) atoms. The highest BCUT2D eigenvalue weighted by atomic mass is 35.5. The van der Waals surface area contributed by atoms with Crippen molar-refractivity contribution < 1.29 is 9.47 Å². The normalized spacial score (nSPS) is 15.6. The number of rotatable bonds is 9. The molecular weight excluding hydrogens is 212 g/mol. The van der Waals surface area contributed by atoms with E-state index in [2.05, 4.69) is 27.7 Å². The topological polar surface area (TPSA) is 18.5 Å². The lowest BCUT2D eigenvalue weighted by atomic mass is 10.2. The standard InChI is InChI=1S/C12H25ClO2/c1-5-7-12(13)15-11(6-2)9-14-8-10(3)4/h10-12H,5-9H2,1-4H3. The van der Waals surface area contributed by atoms with Crippen molar-refractivity contribution in [1.82, 2.24) is 0 Å². The van der Waals surface area contributed by atoms with Crippen LogP contribution in [0.4, 0.5) is 0 Å². The van der Waals surface area contributed by atoms with Crippen LogP contribution in [0.1, 0.15) is 47.0 Å². The van der Waals surface area contributed by atoms with Gasteiger partial charge in [0.2, 0.25) is 0 Å². The first-order valence-corrected chi connectivity index (χ1v) is 6.41. The summed E-state index contributed by atoms with van der Waals surface area (Å²) in [5.74, 6) is 0.574. The third kappa shape index (κ3) is 9.16. The van der Waals surface area contributed by atoms with Crippen molar-refractivity contribution in [2.24, 2.45) is 5.92 Å². The minimum Gasteiger partial charge on any atom is -0.378 e. The predicted molar refractivity (Wildman–Crippen MR) is 65.4 cm³/mol. The van der Waals surface area contributed by atoms with E-state index in [1.54, 1.807) is 0 Å². The van der Waals surface area contributed by atoms with Gasteiger partial charge in [0.05, 0.1) is 12.7 Å². The Morgan fingerprint density at radius 2 is 1.80 bits per heavy atom. The summed E-state index contributed by atoms with van der Waals surface area (Å²) < 4.78 is 11.2. The van der Waals surface area contributed by atoms with Crippen molar-refractivity contribution in [3.8, 4) is 0 Å². The quantitative estimate of drug-likeness (QED) is 0.567. The molecule has 0 amide bonds. The van der Waals surface area contributed by atoms with Gasteiger partial charge in [0.1, 0.15) is 5.56 Å². The van der Waals surface area contributed by atoms with Crippen LogP contribution in [0.5, 0.6) is 0 Å². The molecule has 2 nitrogen and oxygen atoms in total. The van der Waals surface area contributed by atoms with Gasteiger partial charge in [-0.25, -0.2) is 0 Å². The average molecular weight is 237 g/mol. The van der Waals surface area contributed by atoms with Crippen molar-refractivity contribution in [2.75, 3.05) is 13.2 Å². The molecule has 0 aliphatic rings. The van der Waals surface area contributed by atoms with Crippen LogP contribution in [0.2, 0.25) is 0 Å². The number of alkyl halides is 1. The van der Waals surface area contributed by atoms with E-state index >= 15 is 0 Å². The molecule has 0 saturated heterocycles. The van der Waals surface area contributed by atoms with E-state index in [1.165, 1.54) is 0 Å². The smallest absolute Gasteiger partial charge is 0.131 e. The summed E-state index contributed by atoms with van der Waals surface area (Å²) in [4.78, 5) is 0. The van der Waals surface area contributed by atoms with Crippen LogP contribution in [0.15, 0.2) is 0 Å². The van der Waals surface area contributed by atoms with Crippen LogP contribution < -0.4 is 0 Å². The number of ether oxygens (including phenoxy) is 2. The molecule has 0 spiro atoms. The molecule has 0 N–H and O–H groups in total. The molecule has 2 unspecified atom stereocenters. The van der Waals surface area contributed by atoms with Gasteiger partial charge in [0, 0.05) is 6.61 Å². The van der Waals surface area contributed by atoms with Crippen LogP contribution in [0.25, 0.3) is 0 Å². The van der Waals surface area contributed by atoms with Crippen LogP contribution in [-0.2, 0) is 9.47 Å². The van der Waals surface area contributed by atoms with Gasteiger partial charge in [-0.2, -0.15) is 0 Å². The van der Waals surface area contributed by atoms with Gasteiger partial charge in [-0.1, -0.05) is 45.7 Å². The lowest BCUT2D eigenvalue weighted by Crippen LogP contribution is -2.24. The van der Waals surface area contributed by atoms with Crippen molar-refractivity contribution in [2.45, 2.75) is 58.6 Å². The van der Waals surface area contributed by atoms with E-state index in [-0.39, 0.29) is 11.7 Å². The lowest BCUT2D eigenvalue weighted by Gasteiger charge is -2.20. The molecule has 92 valence electrons. The summed E-state index contributed by atoms with van der Waals surface area (Å²) in [6, 6.07) is 0. The molecular formula is C12H25ClO2. The van der Waals surface area contributed by atoms with Gasteiger partial charge in [0.25, 0.3) is 0 Å². The fraction of sp³-hybridized carbons (Fsp3) is 1.00. The molecule has 3 heteroatoms. The molecule has 0 rings (SSSR count). The minimum atomic E-state index is -0.164. The van der Waals surface area contributed by atoms with Crippen molar-refractivity contribution >= 4 is 11.6 Å². The number of halogens is 1. The highest BCUT2D eigenvalue weighted by Crippen LogP contribution is 2.12.